The van der Waals surface area contributed by atoms with Crippen LogP contribution in [0.25, 0.3) is 0 Å². The lowest BCUT2D eigenvalue weighted by Gasteiger charge is -2.18. The number of carbonyl (C=O) groups excluding carboxylic acids is 1. The first kappa shape index (κ1) is 11.5. The van der Waals surface area contributed by atoms with Crippen LogP contribution in [0.2, 0.25) is 0 Å². The second-order valence-electron chi connectivity index (χ2n) is 4.92. The summed E-state index contributed by atoms with van der Waals surface area (Å²) in [5.41, 5.74) is 3.00. The van der Waals surface area contributed by atoms with Crippen molar-refractivity contribution in [1.29, 1.82) is 0 Å². The zero-order valence-electron chi connectivity index (χ0n) is 10.5. The van der Waals surface area contributed by atoms with Crippen molar-refractivity contribution in [2.75, 3.05) is 0 Å². The summed E-state index contributed by atoms with van der Waals surface area (Å²) in [4.78, 5) is 12.7. The molecule has 0 unspecified atom stereocenters. The van der Waals surface area contributed by atoms with Gasteiger partial charge in [-0.05, 0) is 18.6 Å². The molecule has 0 saturated carbocycles. The molecule has 1 heterocycles. The first-order valence-electron chi connectivity index (χ1n) is 6.14. The van der Waals surface area contributed by atoms with E-state index in [1.165, 1.54) is 0 Å². The molecule has 2 aliphatic rings. The SMILES string of the molecule is Cc1ccc2c3c1S(=O)(=O)N=C3c1ccccc1C2=O. The zero-order valence-corrected chi connectivity index (χ0v) is 11.4. The van der Waals surface area contributed by atoms with Gasteiger partial charge in [-0.1, -0.05) is 30.3 Å². The third kappa shape index (κ3) is 1.23. The normalized spacial score (nSPS) is 17.4. The Hall–Kier alpha value is -2.27. The first-order valence-corrected chi connectivity index (χ1v) is 7.58. The Bertz CT molecular complexity index is 940. The summed E-state index contributed by atoms with van der Waals surface area (Å²) < 4.78 is 28.4. The van der Waals surface area contributed by atoms with Gasteiger partial charge >= 0.3 is 0 Å². The molecule has 0 fully saturated rings. The lowest BCUT2D eigenvalue weighted by molar-refractivity contribution is 0.103. The summed E-state index contributed by atoms with van der Waals surface area (Å²) in [6, 6.07) is 10.3. The Morgan fingerprint density at radius 3 is 2.40 bits per heavy atom. The van der Waals surface area contributed by atoms with Gasteiger partial charge in [0.2, 0.25) is 0 Å². The number of benzene rings is 2. The summed E-state index contributed by atoms with van der Waals surface area (Å²) >= 11 is 0. The van der Waals surface area contributed by atoms with Gasteiger partial charge in [-0.3, -0.25) is 4.79 Å². The number of sulfonamides is 1. The maximum atomic E-state index is 12.5. The monoisotopic (exact) mass is 283 g/mol. The topological polar surface area (TPSA) is 63.6 Å². The number of hydrogen-bond acceptors (Lipinski definition) is 3. The van der Waals surface area contributed by atoms with E-state index in [0.717, 1.165) is 0 Å². The summed E-state index contributed by atoms with van der Waals surface area (Å²) in [6.07, 6.45) is 0. The molecule has 2 aromatic carbocycles. The van der Waals surface area contributed by atoms with Crippen LogP contribution in [0.5, 0.6) is 0 Å². The summed E-state index contributed by atoms with van der Waals surface area (Å²) in [7, 11) is -3.71. The highest BCUT2D eigenvalue weighted by molar-refractivity contribution is 7.90. The molecule has 0 atom stereocenters. The summed E-state index contributed by atoms with van der Waals surface area (Å²) in [6.45, 7) is 1.72. The zero-order chi connectivity index (χ0) is 14.1. The molecule has 0 radical (unpaired) electrons. The van der Waals surface area contributed by atoms with Crippen LogP contribution in [0.3, 0.4) is 0 Å². The largest absolute Gasteiger partial charge is 0.289 e. The van der Waals surface area contributed by atoms with Crippen molar-refractivity contribution in [3.8, 4) is 0 Å². The van der Waals surface area contributed by atoms with Gasteiger partial charge in [0, 0.05) is 22.3 Å². The predicted molar refractivity (Wildman–Crippen MR) is 73.9 cm³/mol. The average Bonchev–Trinajstić information content (AvgIpc) is 2.71. The molecule has 1 aliphatic heterocycles. The van der Waals surface area contributed by atoms with Crippen molar-refractivity contribution in [2.45, 2.75) is 11.8 Å². The molecule has 1 aliphatic carbocycles. The van der Waals surface area contributed by atoms with Gasteiger partial charge in [-0.15, -0.1) is 0 Å². The minimum Gasteiger partial charge on any atom is -0.289 e. The van der Waals surface area contributed by atoms with Crippen molar-refractivity contribution in [2.24, 2.45) is 4.40 Å². The average molecular weight is 283 g/mol. The van der Waals surface area contributed by atoms with Crippen LogP contribution < -0.4 is 0 Å². The van der Waals surface area contributed by atoms with Crippen molar-refractivity contribution in [1.82, 2.24) is 0 Å². The number of aryl methyl sites for hydroxylation is 1. The van der Waals surface area contributed by atoms with Crippen molar-refractivity contribution in [3.63, 3.8) is 0 Å². The van der Waals surface area contributed by atoms with Crippen LogP contribution in [0.15, 0.2) is 45.7 Å². The Balaban J connectivity index is 2.24. The maximum Gasteiger partial charge on any atom is 0.283 e. The van der Waals surface area contributed by atoms with E-state index in [1.807, 2.05) is 0 Å². The number of carbonyl (C=O) groups is 1. The molecule has 0 bridgehead atoms. The highest BCUT2D eigenvalue weighted by Gasteiger charge is 2.39. The number of ketones is 1. The second-order valence-corrected chi connectivity index (χ2v) is 6.46. The molecular formula is C15H9NO3S. The number of nitrogens with zero attached hydrogens (tertiary/aromatic N) is 1. The third-order valence-electron chi connectivity index (χ3n) is 3.73. The number of rotatable bonds is 0. The van der Waals surface area contributed by atoms with E-state index in [0.29, 0.717) is 33.5 Å². The Morgan fingerprint density at radius 2 is 1.65 bits per heavy atom. The first-order chi connectivity index (χ1) is 9.50. The van der Waals surface area contributed by atoms with Crippen LogP contribution in [0.1, 0.15) is 32.6 Å². The molecule has 0 N–H and O–H groups in total. The highest BCUT2D eigenvalue weighted by atomic mass is 32.2. The highest BCUT2D eigenvalue weighted by Crippen LogP contribution is 2.39. The molecule has 0 aromatic heterocycles. The van der Waals surface area contributed by atoms with Gasteiger partial charge in [-0.25, -0.2) is 0 Å². The molecule has 20 heavy (non-hydrogen) atoms. The Kier molecular flexibility index (Phi) is 1.98. The Labute approximate surface area is 115 Å². The smallest absolute Gasteiger partial charge is 0.283 e. The van der Waals surface area contributed by atoms with Crippen molar-refractivity contribution < 1.29 is 13.2 Å². The maximum absolute atomic E-state index is 12.5. The number of fused-ring (bicyclic) bond motifs is 2. The van der Waals surface area contributed by atoms with E-state index in [-0.39, 0.29) is 10.7 Å². The second kappa shape index (κ2) is 3.43. The van der Waals surface area contributed by atoms with E-state index >= 15 is 0 Å². The van der Waals surface area contributed by atoms with Gasteiger partial charge in [0.25, 0.3) is 10.0 Å². The molecule has 98 valence electrons. The van der Waals surface area contributed by atoms with Gasteiger partial charge in [0.15, 0.2) is 5.78 Å². The van der Waals surface area contributed by atoms with E-state index in [1.54, 1.807) is 43.3 Å². The fraction of sp³-hybridized carbons (Fsp3) is 0.0667. The lowest BCUT2D eigenvalue weighted by Crippen LogP contribution is -2.20. The van der Waals surface area contributed by atoms with Crippen LogP contribution in [-0.2, 0) is 10.0 Å². The molecule has 4 rings (SSSR count). The molecule has 0 amide bonds. The molecular weight excluding hydrogens is 274 g/mol. The minimum absolute atomic E-state index is 0.145. The standard InChI is InChI=1S/C15H9NO3S/c1-8-6-7-11-12-13(16-20(18,19)15(8)12)9-4-2-3-5-10(9)14(11)17/h2-7H,1H3. The van der Waals surface area contributed by atoms with Gasteiger partial charge < -0.3 is 0 Å². The van der Waals surface area contributed by atoms with Crippen LogP contribution in [0.4, 0.5) is 0 Å². The predicted octanol–water partition coefficient (Wildman–Crippen LogP) is 2.08. The number of hydrogen-bond donors (Lipinski definition) is 0. The lowest BCUT2D eigenvalue weighted by atomic mass is 9.83. The van der Waals surface area contributed by atoms with Crippen LogP contribution in [-0.4, -0.2) is 19.9 Å². The molecule has 4 nitrogen and oxygen atoms in total. The van der Waals surface area contributed by atoms with E-state index in [2.05, 4.69) is 4.40 Å². The summed E-state index contributed by atoms with van der Waals surface area (Å²) in [5.74, 6) is -0.145. The van der Waals surface area contributed by atoms with E-state index in [9.17, 15) is 13.2 Å². The third-order valence-corrected chi connectivity index (χ3v) is 5.20. The van der Waals surface area contributed by atoms with Crippen molar-refractivity contribution >= 4 is 21.5 Å². The van der Waals surface area contributed by atoms with Crippen LogP contribution in [0, 0.1) is 6.92 Å². The van der Waals surface area contributed by atoms with E-state index < -0.39 is 10.0 Å². The molecule has 0 saturated heterocycles. The van der Waals surface area contributed by atoms with Gasteiger partial charge in [0.1, 0.15) is 4.90 Å². The fourth-order valence-corrected chi connectivity index (χ4v) is 4.33. The molecule has 0 spiro atoms. The quantitative estimate of drug-likeness (QED) is 0.634. The van der Waals surface area contributed by atoms with Crippen LogP contribution >= 0.6 is 0 Å². The Morgan fingerprint density at radius 1 is 0.950 bits per heavy atom. The molecule has 2 aromatic rings. The van der Waals surface area contributed by atoms with Gasteiger partial charge in [0.05, 0.1) is 5.71 Å². The van der Waals surface area contributed by atoms with E-state index in [4.69, 9.17) is 0 Å². The van der Waals surface area contributed by atoms with Crippen molar-refractivity contribution in [3.05, 3.63) is 64.2 Å². The van der Waals surface area contributed by atoms with Gasteiger partial charge in [-0.2, -0.15) is 12.8 Å². The summed E-state index contributed by atoms with van der Waals surface area (Å²) in [5, 5.41) is 0. The fourth-order valence-electron chi connectivity index (χ4n) is 2.87. The minimum atomic E-state index is -3.71. The molecule has 5 heteroatoms.